The van der Waals surface area contributed by atoms with Crippen molar-refractivity contribution in [3.8, 4) is 11.5 Å². The zero-order valence-electron chi connectivity index (χ0n) is 8.84. The molecule has 3 N–H and O–H groups in total. The molecular formula is C11H13NO4. The van der Waals surface area contributed by atoms with Gasteiger partial charge in [-0.1, -0.05) is 6.07 Å². The van der Waals surface area contributed by atoms with Gasteiger partial charge in [-0.05, 0) is 6.07 Å². The Morgan fingerprint density at radius 3 is 3.00 bits per heavy atom. The van der Waals surface area contributed by atoms with Gasteiger partial charge in [0.05, 0.1) is 7.11 Å². The number of benzene rings is 1. The molecule has 5 nitrogen and oxygen atoms in total. The molecule has 1 aliphatic rings. The summed E-state index contributed by atoms with van der Waals surface area (Å²) < 4.78 is 10.4. The number of carboxylic acid groups (broad SMARTS) is 1. The van der Waals surface area contributed by atoms with E-state index in [2.05, 4.69) is 0 Å². The summed E-state index contributed by atoms with van der Waals surface area (Å²) in [5.74, 6) is 0.117. The molecule has 1 heterocycles. The van der Waals surface area contributed by atoms with E-state index in [1.54, 1.807) is 25.3 Å². The van der Waals surface area contributed by atoms with Gasteiger partial charge >= 0.3 is 5.97 Å². The molecule has 16 heavy (non-hydrogen) atoms. The number of ether oxygens (including phenoxy) is 2. The van der Waals surface area contributed by atoms with Gasteiger partial charge in [0.15, 0.2) is 6.10 Å². The van der Waals surface area contributed by atoms with Crippen molar-refractivity contribution in [2.24, 2.45) is 5.73 Å². The van der Waals surface area contributed by atoms with Crippen LogP contribution in [0.1, 0.15) is 18.0 Å². The van der Waals surface area contributed by atoms with E-state index in [1.165, 1.54) is 0 Å². The second-order valence-electron chi connectivity index (χ2n) is 3.69. The first-order valence-electron chi connectivity index (χ1n) is 4.95. The summed E-state index contributed by atoms with van der Waals surface area (Å²) in [5.41, 5.74) is 6.70. The van der Waals surface area contributed by atoms with Gasteiger partial charge in [-0.3, -0.25) is 0 Å². The number of methoxy groups -OCH3 is 1. The highest BCUT2D eigenvalue weighted by Crippen LogP contribution is 2.35. The monoisotopic (exact) mass is 223 g/mol. The van der Waals surface area contributed by atoms with Crippen molar-refractivity contribution in [2.45, 2.75) is 18.6 Å². The van der Waals surface area contributed by atoms with Crippen LogP contribution < -0.4 is 15.2 Å². The number of carboxylic acids is 1. The summed E-state index contributed by atoms with van der Waals surface area (Å²) in [7, 11) is 1.54. The van der Waals surface area contributed by atoms with E-state index in [0.29, 0.717) is 11.5 Å². The summed E-state index contributed by atoms with van der Waals surface area (Å²) in [5, 5.41) is 8.90. The van der Waals surface area contributed by atoms with Crippen molar-refractivity contribution in [1.82, 2.24) is 0 Å². The van der Waals surface area contributed by atoms with Gasteiger partial charge in [-0.25, -0.2) is 4.79 Å². The van der Waals surface area contributed by atoms with Crippen molar-refractivity contribution in [3.63, 3.8) is 0 Å². The maximum Gasteiger partial charge on any atom is 0.344 e. The topological polar surface area (TPSA) is 81.8 Å². The summed E-state index contributed by atoms with van der Waals surface area (Å²) in [6.45, 7) is 0. The number of rotatable bonds is 2. The van der Waals surface area contributed by atoms with E-state index >= 15 is 0 Å². The fourth-order valence-corrected chi connectivity index (χ4v) is 1.76. The normalized spacial score (nSPS) is 23.1. The highest BCUT2D eigenvalue weighted by atomic mass is 16.5. The van der Waals surface area contributed by atoms with Gasteiger partial charge in [0.25, 0.3) is 0 Å². The summed E-state index contributed by atoms with van der Waals surface area (Å²) in [4.78, 5) is 10.9. The minimum atomic E-state index is -0.996. The first kappa shape index (κ1) is 10.8. The summed E-state index contributed by atoms with van der Waals surface area (Å²) in [6, 6.07) is 4.93. The number of aliphatic carboxylic acids is 1. The molecular weight excluding hydrogens is 210 g/mol. The van der Waals surface area contributed by atoms with Crippen molar-refractivity contribution in [2.75, 3.05) is 7.11 Å². The molecule has 0 bridgehead atoms. The number of fused-ring (bicyclic) bond motifs is 1. The molecule has 1 aromatic rings. The quantitative estimate of drug-likeness (QED) is 0.779. The van der Waals surface area contributed by atoms with Crippen molar-refractivity contribution >= 4 is 5.97 Å². The molecule has 2 atom stereocenters. The van der Waals surface area contributed by atoms with Crippen LogP contribution in [-0.2, 0) is 4.79 Å². The molecule has 0 aromatic heterocycles. The molecule has 2 unspecified atom stereocenters. The predicted octanol–water partition coefficient (Wildman–Crippen LogP) is 0.931. The molecule has 0 fully saturated rings. The minimum Gasteiger partial charge on any atom is -0.497 e. The van der Waals surface area contributed by atoms with E-state index in [1.807, 2.05) is 0 Å². The van der Waals surface area contributed by atoms with E-state index in [9.17, 15) is 4.79 Å². The fraction of sp³-hybridized carbons (Fsp3) is 0.364. The Bertz CT molecular complexity index is 418. The molecule has 86 valence electrons. The first-order valence-corrected chi connectivity index (χ1v) is 4.95. The van der Waals surface area contributed by atoms with Crippen molar-refractivity contribution < 1.29 is 19.4 Å². The lowest BCUT2D eigenvalue weighted by Crippen LogP contribution is -2.35. The highest BCUT2D eigenvalue weighted by Gasteiger charge is 2.30. The summed E-state index contributed by atoms with van der Waals surface area (Å²) >= 11 is 0. The lowest BCUT2D eigenvalue weighted by molar-refractivity contribution is -0.146. The molecule has 1 aliphatic heterocycles. The third kappa shape index (κ3) is 1.81. The van der Waals surface area contributed by atoms with Crippen LogP contribution in [0.5, 0.6) is 11.5 Å². The Hall–Kier alpha value is -1.75. The minimum absolute atomic E-state index is 0.286. The van der Waals surface area contributed by atoms with E-state index in [4.69, 9.17) is 20.3 Å². The second-order valence-corrected chi connectivity index (χ2v) is 3.69. The molecule has 0 spiro atoms. The van der Waals surface area contributed by atoms with E-state index < -0.39 is 12.1 Å². The Kier molecular flexibility index (Phi) is 2.70. The Morgan fingerprint density at radius 2 is 2.38 bits per heavy atom. The Balaban J connectivity index is 2.35. The van der Waals surface area contributed by atoms with Crippen LogP contribution in [0.4, 0.5) is 0 Å². The zero-order valence-corrected chi connectivity index (χ0v) is 8.84. The van der Waals surface area contributed by atoms with Gasteiger partial charge in [0.1, 0.15) is 11.5 Å². The van der Waals surface area contributed by atoms with Crippen molar-refractivity contribution in [1.29, 1.82) is 0 Å². The van der Waals surface area contributed by atoms with Crippen LogP contribution >= 0.6 is 0 Å². The van der Waals surface area contributed by atoms with E-state index in [-0.39, 0.29) is 12.5 Å². The molecule has 5 heteroatoms. The number of carbonyl (C=O) groups is 1. The van der Waals surface area contributed by atoms with Gasteiger partial charge < -0.3 is 20.3 Å². The van der Waals surface area contributed by atoms with Gasteiger partial charge in [0.2, 0.25) is 0 Å². The third-order valence-electron chi connectivity index (χ3n) is 2.63. The van der Waals surface area contributed by atoms with Gasteiger partial charge in [0, 0.05) is 24.1 Å². The number of nitrogens with two attached hydrogens (primary N) is 1. The second kappa shape index (κ2) is 4.02. The standard InChI is InChI=1S/C11H13NO4/c1-15-6-2-3-7-8(12)5-10(11(13)14)16-9(7)4-6/h2-4,8,10H,5,12H2,1H3,(H,13,14). The van der Waals surface area contributed by atoms with Crippen LogP contribution in [0.3, 0.4) is 0 Å². The molecule has 0 saturated heterocycles. The third-order valence-corrected chi connectivity index (χ3v) is 2.63. The van der Waals surface area contributed by atoms with Crippen LogP contribution in [0, 0.1) is 0 Å². The lowest BCUT2D eigenvalue weighted by atomic mass is 9.97. The molecule has 2 rings (SSSR count). The maximum absolute atomic E-state index is 10.9. The molecule has 0 amide bonds. The Labute approximate surface area is 92.8 Å². The first-order chi connectivity index (χ1) is 7.61. The summed E-state index contributed by atoms with van der Waals surface area (Å²) in [6.07, 6.45) is -0.594. The SMILES string of the molecule is COc1ccc2c(c1)OC(C(=O)O)CC2N. The van der Waals surface area contributed by atoms with Gasteiger partial charge in [-0.2, -0.15) is 0 Å². The molecule has 0 saturated carbocycles. The van der Waals surface area contributed by atoms with Crippen LogP contribution in [-0.4, -0.2) is 24.3 Å². The molecule has 1 aromatic carbocycles. The van der Waals surface area contributed by atoms with Crippen LogP contribution in [0.25, 0.3) is 0 Å². The molecule has 0 aliphatic carbocycles. The Morgan fingerprint density at radius 1 is 1.62 bits per heavy atom. The zero-order chi connectivity index (χ0) is 11.7. The average molecular weight is 223 g/mol. The average Bonchev–Trinajstić information content (AvgIpc) is 2.28. The lowest BCUT2D eigenvalue weighted by Gasteiger charge is -2.28. The predicted molar refractivity (Wildman–Crippen MR) is 56.6 cm³/mol. The van der Waals surface area contributed by atoms with E-state index in [0.717, 1.165) is 5.56 Å². The molecule has 0 radical (unpaired) electrons. The largest absolute Gasteiger partial charge is 0.497 e. The number of hydrogen-bond acceptors (Lipinski definition) is 4. The van der Waals surface area contributed by atoms with Crippen LogP contribution in [0.15, 0.2) is 18.2 Å². The maximum atomic E-state index is 10.9. The van der Waals surface area contributed by atoms with Crippen molar-refractivity contribution in [3.05, 3.63) is 23.8 Å². The fourth-order valence-electron chi connectivity index (χ4n) is 1.76. The smallest absolute Gasteiger partial charge is 0.344 e. The van der Waals surface area contributed by atoms with Crippen LogP contribution in [0.2, 0.25) is 0 Å². The number of hydrogen-bond donors (Lipinski definition) is 2. The van der Waals surface area contributed by atoms with Gasteiger partial charge in [-0.15, -0.1) is 0 Å². The highest BCUT2D eigenvalue weighted by molar-refractivity contribution is 5.73.